The van der Waals surface area contributed by atoms with Crippen molar-refractivity contribution in [3.63, 3.8) is 0 Å². The van der Waals surface area contributed by atoms with E-state index in [9.17, 15) is 0 Å². The Labute approximate surface area is 182 Å². The molecule has 0 bridgehead atoms. The molecule has 0 unspecified atom stereocenters. The number of hydrogen-bond acceptors (Lipinski definition) is 7. The van der Waals surface area contributed by atoms with E-state index in [1.165, 1.54) is 0 Å². The summed E-state index contributed by atoms with van der Waals surface area (Å²) in [5.74, 6) is 2.86. The Bertz CT molecular complexity index is 926. The van der Waals surface area contributed by atoms with Crippen LogP contribution in [-0.2, 0) is 9.47 Å². The van der Waals surface area contributed by atoms with Crippen molar-refractivity contribution >= 4 is 5.57 Å². The standard InChI is InChI=1S/C24H28O7/c1-15(17-11-21(27-4)23(29-6)22(12-17)28-5)16-9-10-30-24(31-14-16)19-8-7-18(25-2)13-20(19)26-3/h7-13,16,24H,1,14H2,2-6H3/t16-,24-/m1/s1. The van der Waals surface area contributed by atoms with Gasteiger partial charge in [-0.2, -0.15) is 0 Å². The smallest absolute Gasteiger partial charge is 0.229 e. The number of rotatable bonds is 8. The molecule has 2 atom stereocenters. The lowest BCUT2D eigenvalue weighted by molar-refractivity contribution is -0.107. The highest BCUT2D eigenvalue weighted by Gasteiger charge is 2.25. The first-order valence-electron chi connectivity index (χ1n) is 9.71. The van der Waals surface area contributed by atoms with Crippen LogP contribution in [0.3, 0.4) is 0 Å². The zero-order chi connectivity index (χ0) is 22.4. The quantitative estimate of drug-likeness (QED) is 0.608. The molecule has 2 aromatic rings. The highest BCUT2D eigenvalue weighted by atomic mass is 16.7. The molecule has 0 saturated carbocycles. The summed E-state index contributed by atoms with van der Waals surface area (Å²) in [6, 6.07) is 9.24. The van der Waals surface area contributed by atoms with E-state index in [0.29, 0.717) is 35.4 Å². The molecule has 31 heavy (non-hydrogen) atoms. The molecule has 2 aromatic carbocycles. The van der Waals surface area contributed by atoms with Crippen molar-refractivity contribution < 1.29 is 33.2 Å². The largest absolute Gasteiger partial charge is 0.497 e. The second-order valence-electron chi connectivity index (χ2n) is 6.78. The van der Waals surface area contributed by atoms with Crippen molar-refractivity contribution in [2.75, 3.05) is 42.2 Å². The average molecular weight is 428 g/mol. The fraction of sp³-hybridized carbons (Fsp3) is 0.333. The van der Waals surface area contributed by atoms with Crippen molar-refractivity contribution in [1.29, 1.82) is 0 Å². The summed E-state index contributed by atoms with van der Waals surface area (Å²) in [6.45, 7) is 4.64. The number of methoxy groups -OCH3 is 5. The van der Waals surface area contributed by atoms with Crippen LogP contribution in [0.4, 0.5) is 0 Å². The van der Waals surface area contributed by atoms with Crippen LogP contribution in [0.1, 0.15) is 17.4 Å². The molecule has 1 aliphatic heterocycles. The molecule has 0 saturated heterocycles. The van der Waals surface area contributed by atoms with E-state index in [1.54, 1.807) is 47.9 Å². The van der Waals surface area contributed by atoms with Gasteiger partial charge in [0.05, 0.1) is 54.0 Å². The van der Waals surface area contributed by atoms with E-state index in [1.807, 2.05) is 30.3 Å². The SMILES string of the molecule is C=C(c1cc(OC)c(OC)c(OC)c1)[C@@H]1C=CO[C@@H](c2ccc(OC)cc2OC)OC1. The van der Waals surface area contributed by atoms with Gasteiger partial charge in [-0.1, -0.05) is 6.58 Å². The Hall–Kier alpha value is -3.32. The summed E-state index contributed by atoms with van der Waals surface area (Å²) in [4.78, 5) is 0. The molecule has 0 radical (unpaired) electrons. The summed E-state index contributed by atoms with van der Waals surface area (Å²) in [7, 11) is 7.94. The summed E-state index contributed by atoms with van der Waals surface area (Å²) in [5, 5.41) is 0. The minimum atomic E-state index is -0.616. The molecular formula is C24H28O7. The van der Waals surface area contributed by atoms with Crippen LogP contribution < -0.4 is 23.7 Å². The maximum Gasteiger partial charge on any atom is 0.229 e. The normalized spacial score (nSPS) is 17.8. The topological polar surface area (TPSA) is 64.6 Å². The third-order valence-corrected chi connectivity index (χ3v) is 5.12. The number of benzene rings is 2. The first-order valence-corrected chi connectivity index (χ1v) is 9.71. The third-order valence-electron chi connectivity index (χ3n) is 5.12. The lowest BCUT2D eigenvalue weighted by Crippen LogP contribution is -2.12. The summed E-state index contributed by atoms with van der Waals surface area (Å²) in [6.07, 6.45) is 2.94. The van der Waals surface area contributed by atoms with E-state index in [0.717, 1.165) is 16.7 Å². The predicted octanol–water partition coefficient (Wildman–Crippen LogP) is 4.62. The van der Waals surface area contributed by atoms with Gasteiger partial charge in [-0.15, -0.1) is 0 Å². The van der Waals surface area contributed by atoms with Crippen molar-refractivity contribution in [2.45, 2.75) is 6.29 Å². The molecule has 7 nitrogen and oxygen atoms in total. The molecule has 0 amide bonds. The van der Waals surface area contributed by atoms with Crippen LogP contribution in [0.15, 0.2) is 49.2 Å². The Balaban J connectivity index is 1.81. The molecule has 7 heteroatoms. The van der Waals surface area contributed by atoms with Crippen LogP contribution in [-0.4, -0.2) is 42.2 Å². The molecule has 1 aliphatic rings. The second-order valence-corrected chi connectivity index (χ2v) is 6.78. The zero-order valence-corrected chi connectivity index (χ0v) is 18.5. The van der Waals surface area contributed by atoms with E-state index >= 15 is 0 Å². The Morgan fingerprint density at radius 1 is 0.871 bits per heavy atom. The van der Waals surface area contributed by atoms with Gasteiger partial charge in [0.2, 0.25) is 12.0 Å². The van der Waals surface area contributed by atoms with Gasteiger partial charge in [0.15, 0.2) is 11.5 Å². The fourth-order valence-electron chi connectivity index (χ4n) is 3.37. The lowest BCUT2D eigenvalue weighted by atomic mass is 9.94. The predicted molar refractivity (Wildman–Crippen MR) is 117 cm³/mol. The first kappa shape index (κ1) is 22.4. The third kappa shape index (κ3) is 4.72. The second kappa shape index (κ2) is 10.1. The van der Waals surface area contributed by atoms with Gasteiger partial charge in [-0.3, -0.25) is 0 Å². The van der Waals surface area contributed by atoms with Crippen molar-refractivity contribution in [1.82, 2.24) is 0 Å². The minimum absolute atomic E-state index is 0.114. The van der Waals surface area contributed by atoms with Crippen LogP contribution in [0.2, 0.25) is 0 Å². The van der Waals surface area contributed by atoms with E-state index in [-0.39, 0.29) is 5.92 Å². The van der Waals surface area contributed by atoms with Gasteiger partial charge in [0, 0.05) is 12.0 Å². The molecule has 166 valence electrons. The van der Waals surface area contributed by atoms with Crippen molar-refractivity contribution in [3.05, 3.63) is 60.4 Å². The van der Waals surface area contributed by atoms with Crippen molar-refractivity contribution in [3.8, 4) is 28.7 Å². The average Bonchev–Trinajstić information content (AvgIpc) is 3.08. The van der Waals surface area contributed by atoms with E-state index < -0.39 is 6.29 Å². The Kier molecular flexibility index (Phi) is 7.31. The monoisotopic (exact) mass is 428 g/mol. The van der Waals surface area contributed by atoms with Crippen LogP contribution in [0, 0.1) is 5.92 Å². The van der Waals surface area contributed by atoms with Gasteiger partial charge in [-0.05, 0) is 41.5 Å². The van der Waals surface area contributed by atoms with E-state index in [2.05, 4.69) is 6.58 Å². The van der Waals surface area contributed by atoms with Gasteiger partial charge in [0.1, 0.15) is 11.5 Å². The summed E-state index contributed by atoms with van der Waals surface area (Å²) >= 11 is 0. The van der Waals surface area contributed by atoms with Crippen LogP contribution in [0.25, 0.3) is 5.57 Å². The molecule has 0 aromatic heterocycles. The van der Waals surface area contributed by atoms with Gasteiger partial charge in [0.25, 0.3) is 0 Å². The molecule has 0 aliphatic carbocycles. The number of ether oxygens (including phenoxy) is 7. The Morgan fingerprint density at radius 2 is 1.55 bits per heavy atom. The Morgan fingerprint density at radius 3 is 2.13 bits per heavy atom. The highest BCUT2D eigenvalue weighted by Crippen LogP contribution is 2.42. The van der Waals surface area contributed by atoms with Gasteiger partial charge in [-0.25, -0.2) is 0 Å². The van der Waals surface area contributed by atoms with Gasteiger partial charge < -0.3 is 33.2 Å². The molecule has 1 heterocycles. The van der Waals surface area contributed by atoms with Crippen molar-refractivity contribution in [2.24, 2.45) is 5.92 Å². The fourth-order valence-corrected chi connectivity index (χ4v) is 3.37. The highest BCUT2D eigenvalue weighted by molar-refractivity contribution is 5.72. The van der Waals surface area contributed by atoms with E-state index in [4.69, 9.17) is 33.2 Å². The molecule has 3 rings (SSSR count). The molecule has 0 spiro atoms. The van der Waals surface area contributed by atoms with Crippen LogP contribution in [0.5, 0.6) is 28.7 Å². The maximum atomic E-state index is 6.06. The molecular weight excluding hydrogens is 400 g/mol. The first-order chi connectivity index (χ1) is 15.1. The minimum Gasteiger partial charge on any atom is -0.497 e. The number of hydrogen-bond donors (Lipinski definition) is 0. The maximum absolute atomic E-state index is 6.06. The van der Waals surface area contributed by atoms with Gasteiger partial charge >= 0.3 is 0 Å². The molecule has 0 fully saturated rings. The lowest BCUT2D eigenvalue weighted by Gasteiger charge is -2.21. The zero-order valence-electron chi connectivity index (χ0n) is 18.5. The summed E-state index contributed by atoms with van der Waals surface area (Å²) in [5.41, 5.74) is 2.46. The summed E-state index contributed by atoms with van der Waals surface area (Å²) < 4.78 is 38.9. The van der Waals surface area contributed by atoms with Crippen LogP contribution >= 0.6 is 0 Å². The molecule has 0 N–H and O–H groups in total.